The van der Waals surface area contributed by atoms with Gasteiger partial charge in [0.15, 0.2) is 11.5 Å². The van der Waals surface area contributed by atoms with Crippen molar-refractivity contribution in [3.05, 3.63) is 53.1 Å². The van der Waals surface area contributed by atoms with Crippen molar-refractivity contribution < 1.29 is 22.7 Å². The van der Waals surface area contributed by atoms with Gasteiger partial charge < -0.3 is 14.8 Å². The van der Waals surface area contributed by atoms with Gasteiger partial charge in [0.2, 0.25) is 10.0 Å². The molecule has 2 N–H and O–H groups in total. The van der Waals surface area contributed by atoms with Crippen LogP contribution in [-0.2, 0) is 10.0 Å². The van der Waals surface area contributed by atoms with Gasteiger partial charge >= 0.3 is 0 Å². The zero-order valence-electron chi connectivity index (χ0n) is 16.0. The average molecular weight is 392 g/mol. The van der Waals surface area contributed by atoms with E-state index in [1.165, 1.54) is 0 Å². The number of amides is 1. The lowest BCUT2D eigenvalue weighted by atomic mass is 10.1. The predicted molar refractivity (Wildman–Crippen MR) is 105 cm³/mol. The molecular weight excluding hydrogens is 368 g/mol. The van der Waals surface area contributed by atoms with Crippen LogP contribution < -0.4 is 19.5 Å². The highest BCUT2D eigenvalue weighted by Crippen LogP contribution is 2.30. The van der Waals surface area contributed by atoms with Crippen LogP contribution in [-0.4, -0.2) is 34.8 Å². The standard InChI is InChI=1S/C19H24N2O5S/c1-12-10-15(6-8-16(12)21-27(5,23)24)19(22)20-13(2)14-7-9-17(25-3)18(11-14)26-4/h6-11,13,21H,1-5H3,(H,20,22)/t13-/m1/s1. The second-order valence-corrected chi connectivity index (χ2v) is 7.96. The van der Waals surface area contributed by atoms with E-state index in [0.717, 1.165) is 11.8 Å². The lowest BCUT2D eigenvalue weighted by Gasteiger charge is -2.17. The molecule has 2 aromatic carbocycles. The predicted octanol–water partition coefficient (Wildman–Crippen LogP) is 2.87. The van der Waals surface area contributed by atoms with Crippen molar-refractivity contribution >= 4 is 21.6 Å². The van der Waals surface area contributed by atoms with Gasteiger partial charge in [0.05, 0.1) is 32.2 Å². The van der Waals surface area contributed by atoms with Crippen molar-refractivity contribution in [2.75, 3.05) is 25.2 Å². The molecule has 0 bridgehead atoms. The quantitative estimate of drug-likeness (QED) is 0.756. The Morgan fingerprint density at radius 3 is 2.26 bits per heavy atom. The zero-order chi connectivity index (χ0) is 20.2. The largest absolute Gasteiger partial charge is 0.493 e. The third-order valence-corrected chi connectivity index (χ3v) is 4.63. The van der Waals surface area contributed by atoms with Gasteiger partial charge in [-0.05, 0) is 55.3 Å². The zero-order valence-corrected chi connectivity index (χ0v) is 16.8. The molecule has 0 saturated heterocycles. The number of benzene rings is 2. The summed E-state index contributed by atoms with van der Waals surface area (Å²) in [6, 6.07) is 10.00. The number of ether oxygens (including phenoxy) is 2. The monoisotopic (exact) mass is 392 g/mol. The maximum absolute atomic E-state index is 12.5. The van der Waals surface area contributed by atoms with Crippen molar-refractivity contribution in [2.45, 2.75) is 19.9 Å². The van der Waals surface area contributed by atoms with Crippen LogP contribution in [0.25, 0.3) is 0 Å². The maximum atomic E-state index is 12.5. The molecule has 146 valence electrons. The molecule has 0 unspecified atom stereocenters. The van der Waals surface area contributed by atoms with Crippen LogP contribution in [0.4, 0.5) is 5.69 Å². The summed E-state index contributed by atoms with van der Waals surface area (Å²) in [6.07, 6.45) is 1.08. The third kappa shape index (κ3) is 5.37. The Morgan fingerprint density at radius 1 is 1.04 bits per heavy atom. The summed E-state index contributed by atoms with van der Waals surface area (Å²) < 4.78 is 35.7. The molecule has 0 aromatic heterocycles. The van der Waals surface area contributed by atoms with E-state index in [1.54, 1.807) is 45.4 Å². The molecule has 0 aliphatic carbocycles. The van der Waals surface area contributed by atoms with Gasteiger partial charge in [-0.15, -0.1) is 0 Å². The lowest BCUT2D eigenvalue weighted by Crippen LogP contribution is -2.26. The molecule has 8 heteroatoms. The second-order valence-electron chi connectivity index (χ2n) is 6.21. The molecule has 0 saturated carbocycles. The number of rotatable bonds is 7. The Morgan fingerprint density at radius 2 is 1.70 bits per heavy atom. The van der Waals surface area contributed by atoms with Gasteiger partial charge in [-0.3, -0.25) is 9.52 Å². The minimum atomic E-state index is -3.37. The molecule has 0 aliphatic heterocycles. The molecule has 0 aliphatic rings. The minimum absolute atomic E-state index is 0.258. The molecule has 1 atom stereocenters. The average Bonchev–Trinajstić information content (AvgIpc) is 2.61. The Balaban J connectivity index is 2.16. The molecule has 0 heterocycles. The Kier molecular flexibility index (Phi) is 6.32. The summed E-state index contributed by atoms with van der Waals surface area (Å²) in [7, 11) is -0.255. The van der Waals surface area contributed by atoms with Gasteiger partial charge in [0.1, 0.15) is 0 Å². The van der Waals surface area contributed by atoms with Crippen molar-refractivity contribution in [1.29, 1.82) is 0 Å². The first-order valence-corrected chi connectivity index (χ1v) is 10.1. The van der Waals surface area contributed by atoms with E-state index in [9.17, 15) is 13.2 Å². The topological polar surface area (TPSA) is 93.7 Å². The fourth-order valence-corrected chi connectivity index (χ4v) is 3.23. The first kappa shape index (κ1) is 20.6. The summed E-state index contributed by atoms with van der Waals surface area (Å²) in [5, 5.41) is 2.92. The summed E-state index contributed by atoms with van der Waals surface area (Å²) in [5.74, 6) is 0.943. The number of aryl methyl sites for hydroxylation is 1. The van der Waals surface area contributed by atoms with Crippen molar-refractivity contribution in [3.8, 4) is 11.5 Å². The molecule has 0 spiro atoms. The van der Waals surface area contributed by atoms with Crippen LogP contribution in [0.2, 0.25) is 0 Å². The Hall–Kier alpha value is -2.74. The Bertz CT molecular complexity index is 941. The first-order chi connectivity index (χ1) is 12.6. The van der Waals surface area contributed by atoms with Gasteiger partial charge in [0.25, 0.3) is 5.91 Å². The van der Waals surface area contributed by atoms with Crippen molar-refractivity contribution in [2.24, 2.45) is 0 Å². The van der Waals surface area contributed by atoms with Crippen LogP contribution in [0, 0.1) is 6.92 Å². The number of sulfonamides is 1. The van der Waals surface area contributed by atoms with E-state index in [-0.39, 0.29) is 11.9 Å². The number of carbonyl (C=O) groups is 1. The smallest absolute Gasteiger partial charge is 0.251 e. The van der Waals surface area contributed by atoms with Gasteiger partial charge in [-0.2, -0.15) is 0 Å². The number of anilines is 1. The molecule has 7 nitrogen and oxygen atoms in total. The minimum Gasteiger partial charge on any atom is -0.493 e. The molecule has 2 rings (SSSR count). The second kappa shape index (κ2) is 8.30. The van der Waals surface area contributed by atoms with Crippen LogP contribution in [0.1, 0.15) is 34.5 Å². The van der Waals surface area contributed by atoms with Crippen molar-refractivity contribution in [3.63, 3.8) is 0 Å². The highest BCUT2D eigenvalue weighted by atomic mass is 32.2. The number of carbonyl (C=O) groups excluding carboxylic acids is 1. The molecule has 0 radical (unpaired) electrons. The molecule has 27 heavy (non-hydrogen) atoms. The molecule has 0 fully saturated rings. The fourth-order valence-electron chi connectivity index (χ4n) is 2.60. The Labute approximate surface area is 159 Å². The van der Waals surface area contributed by atoms with Crippen LogP contribution in [0.3, 0.4) is 0 Å². The number of methoxy groups -OCH3 is 2. The SMILES string of the molecule is COc1ccc([C@@H](C)NC(=O)c2ccc(NS(C)(=O)=O)c(C)c2)cc1OC. The highest BCUT2D eigenvalue weighted by Gasteiger charge is 2.15. The number of hydrogen-bond acceptors (Lipinski definition) is 5. The van der Waals surface area contributed by atoms with Crippen LogP contribution in [0.5, 0.6) is 11.5 Å². The molecule has 1 amide bonds. The van der Waals surface area contributed by atoms with Gasteiger partial charge in [-0.25, -0.2) is 8.42 Å². The van der Waals surface area contributed by atoms with E-state index >= 15 is 0 Å². The summed E-state index contributed by atoms with van der Waals surface area (Å²) >= 11 is 0. The van der Waals surface area contributed by atoms with Crippen LogP contribution in [0.15, 0.2) is 36.4 Å². The van der Waals surface area contributed by atoms with E-state index in [4.69, 9.17) is 9.47 Å². The van der Waals surface area contributed by atoms with E-state index in [1.807, 2.05) is 19.1 Å². The highest BCUT2D eigenvalue weighted by molar-refractivity contribution is 7.92. The fraction of sp³-hybridized carbons (Fsp3) is 0.316. The van der Waals surface area contributed by atoms with Crippen LogP contribution >= 0.6 is 0 Å². The van der Waals surface area contributed by atoms with Gasteiger partial charge in [0, 0.05) is 5.56 Å². The molecule has 2 aromatic rings. The van der Waals surface area contributed by atoms with E-state index < -0.39 is 10.0 Å². The van der Waals surface area contributed by atoms with E-state index in [0.29, 0.717) is 28.3 Å². The first-order valence-electron chi connectivity index (χ1n) is 8.26. The summed E-state index contributed by atoms with van der Waals surface area (Å²) in [4.78, 5) is 12.5. The summed E-state index contributed by atoms with van der Waals surface area (Å²) in [6.45, 7) is 3.60. The van der Waals surface area contributed by atoms with E-state index in [2.05, 4.69) is 10.0 Å². The lowest BCUT2D eigenvalue weighted by molar-refractivity contribution is 0.0939. The third-order valence-electron chi connectivity index (χ3n) is 4.04. The molecular formula is C19H24N2O5S. The van der Waals surface area contributed by atoms with Crippen molar-refractivity contribution in [1.82, 2.24) is 5.32 Å². The maximum Gasteiger partial charge on any atom is 0.251 e. The normalized spacial score (nSPS) is 12.2. The summed E-state index contributed by atoms with van der Waals surface area (Å²) in [5.41, 5.74) is 2.42. The number of nitrogens with one attached hydrogen (secondary N) is 2. The van der Waals surface area contributed by atoms with Gasteiger partial charge in [-0.1, -0.05) is 6.07 Å². The number of hydrogen-bond donors (Lipinski definition) is 2.